The van der Waals surface area contributed by atoms with Crippen LogP contribution in [-0.2, 0) is 15.6 Å². The second kappa shape index (κ2) is 6.10. The lowest BCUT2D eigenvalue weighted by molar-refractivity contribution is -0.114. The summed E-state index contributed by atoms with van der Waals surface area (Å²) in [5, 5.41) is 2.64. The summed E-state index contributed by atoms with van der Waals surface area (Å²) < 4.78 is 12.7. The molecule has 2 rings (SSSR count). The van der Waals surface area contributed by atoms with Crippen molar-refractivity contribution in [3.05, 3.63) is 47.5 Å². The summed E-state index contributed by atoms with van der Waals surface area (Å²) in [4.78, 5) is 12.5. The van der Waals surface area contributed by atoms with Crippen molar-refractivity contribution in [2.24, 2.45) is 0 Å². The fourth-order valence-corrected chi connectivity index (χ4v) is 3.40. The van der Waals surface area contributed by atoms with Crippen LogP contribution in [0.4, 0.5) is 11.4 Å². The molecule has 0 fully saturated rings. The monoisotopic (exact) mass is 302 g/mol. The predicted octanol–water partition coefficient (Wildman–Crippen LogP) is 3.01. The molecule has 5 heteroatoms. The van der Waals surface area contributed by atoms with E-state index in [0.29, 0.717) is 16.3 Å². The number of nitrogens with two attached hydrogens (primary N) is 1. The minimum absolute atomic E-state index is 0.212. The molecule has 2 aromatic rings. The first-order valence-corrected chi connectivity index (χ1v) is 7.69. The van der Waals surface area contributed by atoms with Crippen molar-refractivity contribution < 1.29 is 9.00 Å². The molecule has 0 aromatic heterocycles. The van der Waals surface area contributed by atoms with E-state index in [1.54, 1.807) is 18.2 Å². The highest BCUT2D eigenvalue weighted by molar-refractivity contribution is 7.85. The molecule has 4 nitrogen and oxygen atoms in total. The standard InChI is InChI=1S/C16H18N2O2S/c1-10-6-11(2)8-14(7-10)21(20)13-4-5-15(17)16(9-13)18-12(3)19/h4-9H,17H2,1-3H3,(H,18,19). The number of hydrogen-bond acceptors (Lipinski definition) is 3. The first-order chi connectivity index (χ1) is 9.86. The minimum atomic E-state index is -1.31. The number of amides is 1. The summed E-state index contributed by atoms with van der Waals surface area (Å²) in [7, 11) is -1.31. The van der Waals surface area contributed by atoms with Crippen LogP contribution < -0.4 is 11.1 Å². The molecule has 3 N–H and O–H groups in total. The Morgan fingerprint density at radius 2 is 1.67 bits per heavy atom. The van der Waals surface area contributed by atoms with Crippen LogP contribution in [0.3, 0.4) is 0 Å². The SMILES string of the molecule is CC(=O)Nc1cc(S(=O)c2cc(C)cc(C)c2)ccc1N. The number of benzene rings is 2. The fourth-order valence-electron chi connectivity index (χ4n) is 2.12. The van der Waals surface area contributed by atoms with E-state index >= 15 is 0 Å². The molecule has 0 heterocycles. The van der Waals surface area contributed by atoms with Gasteiger partial charge in [-0.2, -0.15) is 0 Å². The Bertz CT molecular complexity index is 706. The minimum Gasteiger partial charge on any atom is -0.397 e. The van der Waals surface area contributed by atoms with Crippen LogP contribution in [0.2, 0.25) is 0 Å². The third-order valence-electron chi connectivity index (χ3n) is 2.96. The number of nitrogen functional groups attached to an aromatic ring is 1. The van der Waals surface area contributed by atoms with Crippen LogP contribution in [0.5, 0.6) is 0 Å². The predicted molar refractivity (Wildman–Crippen MR) is 85.7 cm³/mol. The van der Waals surface area contributed by atoms with Gasteiger partial charge >= 0.3 is 0 Å². The average Bonchev–Trinajstić information content (AvgIpc) is 2.39. The zero-order valence-corrected chi connectivity index (χ0v) is 13.1. The van der Waals surface area contributed by atoms with Crippen LogP contribution in [0.1, 0.15) is 18.1 Å². The van der Waals surface area contributed by atoms with Crippen molar-refractivity contribution in [3.63, 3.8) is 0 Å². The maximum absolute atomic E-state index is 12.7. The number of anilines is 2. The van der Waals surface area contributed by atoms with E-state index in [0.717, 1.165) is 16.0 Å². The second-order valence-electron chi connectivity index (χ2n) is 5.02. The topological polar surface area (TPSA) is 72.2 Å². The van der Waals surface area contributed by atoms with Crippen molar-refractivity contribution >= 4 is 28.1 Å². The molecule has 1 unspecified atom stereocenters. The van der Waals surface area contributed by atoms with Gasteiger partial charge < -0.3 is 11.1 Å². The van der Waals surface area contributed by atoms with Gasteiger partial charge in [0.2, 0.25) is 5.91 Å². The summed E-state index contributed by atoms with van der Waals surface area (Å²) in [6.45, 7) is 5.35. The van der Waals surface area contributed by atoms with Gasteiger partial charge in [0.1, 0.15) is 0 Å². The largest absolute Gasteiger partial charge is 0.397 e. The number of nitrogens with one attached hydrogen (secondary N) is 1. The molecule has 110 valence electrons. The lowest BCUT2D eigenvalue weighted by Gasteiger charge is -2.10. The quantitative estimate of drug-likeness (QED) is 0.856. The van der Waals surface area contributed by atoms with Crippen molar-refractivity contribution in [1.29, 1.82) is 0 Å². The van der Waals surface area contributed by atoms with Crippen LogP contribution in [0, 0.1) is 13.8 Å². The highest BCUT2D eigenvalue weighted by atomic mass is 32.2. The van der Waals surface area contributed by atoms with E-state index in [9.17, 15) is 9.00 Å². The number of carbonyl (C=O) groups is 1. The third-order valence-corrected chi connectivity index (χ3v) is 4.30. The molecule has 21 heavy (non-hydrogen) atoms. The summed E-state index contributed by atoms with van der Waals surface area (Å²) >= 11 is 0. The zero-order valence-electron chi connectivity index (χ0n) is 12.3. The number of carbonyl (C=O) groups excluding carboxylic acids is 1. The van der Waals surface area contributed by atoms with E-state index in [-0.39, 0.29) is 5.91 Å². The summed E-state index contributed by atoms with van der Waals surface area (Å²) in [5.74, 6) is -0.212. The second-order valence-corrected chi connectivity index (χ2v) is 6.50. The molecule has 0 aliphatic rings. The van der Waals surface area contributed by atoms with Gasteiger partial charge in [-0.1, -0.05) is 6.07 Å². The van der Waals surface area contributed by atoms with Crippen molar-refractivity contribution in [2.75, 3.05) is 11.1 Å². The van der Waals surface area contributed by atoms with Crippen molar-refractivity contribution in [3.8, 4) is 0 Å². The van der Waals surface area contributed by atoms with Gasteiger partial charge in [0, 0.05) is 16.7 Å². The Morgan fingerprint density at radius 1 is 1.05 bits per heavy atom. The molecule has 2 aromatic carbocycles. The van der Waals surface area contributed by atoms with E-state index in [1.807, 2.05) is 32.0 Å². The van der Waals surface area contributed by atoms with Gasteiger partial charge in [-0.3, -0.25) is 4.79 Å². The normalized spacial score (nSPS) is 12.0. The van der Waals surface area contributed by atoms with Crippen LogP contribution >= 0.6 is 0 Å². The molecule has 0 radical (unpaired) electrons. The molecule has 0 saturated heterocycles. The van der Waals surface area contributed by atoms with E-state index < -0.39 is 10.8 Å². The van der Waals surface area contributed by atoms with Crippen LogP contribution in [0.25, 0.3) is 0 Å². The van der Waals surface area contributed by atoms with Gasteiger partial charge in [-0.25, -0.2) is 4.21 Å². The lowest BCUT2D eigenvalue weighted by Crippen LogP contribution is -2.08. The number of aryl methyl sites for hydroxylation is 2. The molecule has 1 amide bonds. The molecular formula is C16H18N2O2S. The molecule has 1 atom stereocenters. The first-order valence-electron chi connectivity index (χ1n) is 6.54. The van der Waals surface area contributed by atoms with Crippen molar-refractivity contribution in [1.82, 2.24) is 0 Å². The smallest absolute Gasteiger partial charge is 0.221 e. The Balaban J connectivity index is 2.41. The van der Waals surface area contributed by atoms with Gasteiger partial charge in [0.15, 0.2) is 0 Å². The van der Waals surface area contributed by atoms with Gasteiger partial charge in [-0.15, -0.1) is 0 Å². The number of rotatable bonds is 3. The molecule has 0 aliphatic carbocycles. The van der Waals surface area contributed by atoms with E-state index in [4.69, 9.17) is 5.73 Å². The molecular weight excluding hydrogens is 284 g/mol. The average molecular weight is 302 g/mol. The summed E-state index contributed by atoms with van der Waals surface area (Å²) in [6, 6.07) is 10.9. The van der Waals surface area contributed by atoms with E-state index in [1.165, 1.54) is 6.92 Å². The van der Waals surface area contributed by atoms with Gasteiger partial charge in [0.25, 0.3) is 0 Å². The Kier molecular flexibility index (Phi) is 4.43. The lowest BCUT2D eigenvalue weighted by atomic mass is 10.2. The molecule has 0 aliphatic heterocycles. The Hall–Kier alpha value is -2.14. The molecule has 0 bridgehead atoms. The summed E-state index contributed by atoms with van der Waals surface area (Å²) in [5.41, 5.74) is 8.88. The highest BCUT2D eigenvalue weighted by Gasteiger charge is 2.11. The Morgan fingerprint density at radius 3 is 2.24 bits per heavy atom. The summed E-state index contributed by atoms with van der Waals surface area (Å²) in [6.07, 6.45) is 0. The van der Waals surface area contributed by atoms with Crippen molar-refractivity contribution in [2.45, 2.75) is 30.6 Å². The third kappa shape index (κ3) is 3.70. The van der Waals surface area contributed by atoms with Gasteiger partial charge in [0.05, 0.1) is 22.2 Å². The maximum atomic E-state index is 12.7. The fraction of sp³-hybridized carbons (Fsp3) is 0.188. The van der Waals surface area contributed by atoms with Crippen LogP contribution in [0.15, 0.2) is 46.2 Å². The zero-order chi connectivity index (χ0) is 15.6. The van der Waals surface area contributed by atoms with Crippen LogP contribution in [-0.4, -0.2) is 10.1 Å². The van der Waals surface area contributed by atoms with E-state index in [2.05, 4.69) is 5.32 Å². The molecule has 0 saturated carbocycles. The first kappa shape index (κ1) is 15.3. The molecule has 0 spiro atoms. The van der Waals surface area contributed by atoms with Gasteiger partial charge in [-0.05, 0) is 55.3 Å². The highest BCUT2D eigenvalue weighted by Crippen LogP contribution is 2.25. The number of hydrogen-bond donors (Lipinski definition) is 2. The maximum Gasteiger partial charge on any atom is 0.221 e. The Labute approximate surface area is 126 Å².